The minimum atomic E-state index is -1.17. The molecule has 0 radical (unpaired) electrons. The van der Waals surface area contributed by atoms with Crippen molar-refractivity contribution in [3.05, 3.63) is 0 Å². The molecule has 10 heteroatoms. The number of aliphatic imine (C=N–C) groups is 1. The molecule has 0 amide bonds. The van der Waals surface area contributed by atoms with E-state index in [1.54, 1.807) is 7.05 Å². The van der Waals surface area contributed by atoms with Gasteiger partial charge in [0.1, 0.15) is 0 Å². The van der Waals surface area contributed by atoms with E-state index in [0.717, 1.165) is 25.7 Å². The zero-order valence-electron chi connectivity index (χ0n) is 23.1. The minimum Gasteiger partial charge on any atom is -0.322 e. The molecule has 0 bridgehead atoms. The molecular weight excluding hydrogens is 470 g/mol. The SMILES string of the molecule is C/N=C/CCOP(OCCCCCOP(OCCC#N)N(C(C)C)C(C)C)N(C(C)C)C(C)C. The fourth-order valence-corrected chi connectivity index (χ4v) is 6.71. The quantitative estimate of drug-likeness (QED) is 0.0923. The highest BCUT2D eigenvalue weighted by atomic mass is 31.2. The van der Waals surface area contributed by atoms with Crippen LogP contribution in [0.5, 0.6) is 0 Å². The molecule has 0 fully saturated rings. The Morgan fingerprint density at radius 3 is 1.50 bits per heavy atom. The van der Waals surface area contributed by atoms with Gasteiger partial charge in [-0.1, -0.05) is 0 Å². The summed E-state index contributed by atoms with van der Waals surface area (Å²) in [4.78, 5) is 4.03. The van der Waals surface area contributed by atoms with E-state index in [1.165, 1.54) is 0 Å². The maximum Gasteiger partial charge on any atom is 0.259 e. The summed E-state index contributed by atoms with van der Waals surface area (Å²) in [5.41, 5.74) is 0. The van der Waals surface area contributed by atoms with Crippen molar-refractivity contribution >= 4 is 23.3 Å². The summed E-state index contributed by atoms with van der Waals surface area (Å²) in [6.07, 6.45) is 5.96. The van der Waals surface area contributed by atoms with Crippen LogP contribution in [0.1, 0.15) is 87.5 Å². The van der Waals surface area contributed by atoms with Crippen molar-refractivity contribution in [1.29, 1.82) is 5.26 Å². The van der Waals surface area contributed by atoms with Crippen molar-refractivity contribution in [3.63, 3.8) is 0 Å². The maximum atomic E-state index is 8.83. The molecule has 2 unspecified atom stereocenters. The van der Waals surface area contributed by atoms with Gasteiger partial charge in [0.25, 0.3) is 17.1 Å². The van der Waals surface area contributed by atoms with E-state index in [1.807, 2.05) is 6.21 Å². The first-order chi connectivity index (χ1) is 16.2. The third-order valence-corrected chi connectivity index (χ3v) is 8.95. The minimum absolute atomic E-state index is 0.314. The van der Waals surface area contributed by atoms with Gasteiger partial charge in [0, 0.05) is 43.9 Å². The highest BCUT2D eigenvalue weighted by molar-refractivity contribution is 7.44. The van der Waals surface area contributed by atoms with Crippen LogP contribution in [0.15, 0.2) is 4.99 Å². The lowest BCUT2D eigenvalue weighted by atomic mass is 10.2. The van der Waals surface area contributed by atoms with Gasteiger partial charge >= 0.3 is 0 Å². The van der Waals surface area contributed by atoms with Gasteiger partial charge in [0.15, 0.2) is 0 Å². The Morgan fingerprint density at radius 1 is 0.706 bits per heavy atom. The monoisotopic (exact) mass is 520 g/mol. The van der Waals surface area contributed by atoms with Crippen molar-refractivity contribution in [2.75, 3.05) is 33.5 Å². The molecule has 0 spiro atoms. The second-order valence-electron chi connectivity index (χ2n) is 9.14. The second kappa shape index (κ2) is 20.9. The second-order valence-corrected chi connectivity index (χ2v) is 12.0. The average molecular weight is 521 g/mol. The molecule has 0 N–H and O–H groups in total. The summed E-state index contributed by atoms with van der Waals surface area (Å²) in [7, 11) is -0.482. The van der Waals surface area contributed by atoms with Crippen LogP contribution in [0.4, 0.5) is 0 Å². The van der Waals surface area contributed by atoms with E-state index in [-0.39, 0.29) is 0 Å². The molecule has 0 aromatic rings. The first-order valence-corrected chi connectivity index (χ1v) is 14.9. The molecule has 0 aliphatic rings. The summed E-state index contributed by atoms with van der Waals surface area (Å²) in [6, 6.07) is 3.47. The predicted molar refractivity (Wildman–Crippen MR) is 145 cm³/mol. The van der Waals surface area contributed by atoms with Crippen molar-refractivity contribution in [1.82, 2.24) is 9.34 Å². The van der Waals surface area contributed by atoms with Gasteiger partial charge in [-0.3, -0.25) is 0 Å². The van der Waals surface area contributed by atoms with Crippen LogP contribution in [-0.4, -0.2) is 73.2 Å². The molecule has 0 aliphatic carbocycles. The molecule has 0 saturated heterocycles. The molecule has 0 aliphatic heterocycles. The van der Waals surface area contributed by atoms with E-state index in [4.69, 9.17) is 23.4 Å². The molecule has 34 heavy (non-hydrogen) atoms. The predicted octanol–water partition coefficient (Wildman–Crippen LogP) is 6.92. The summed E-state index contributed by atoms with van der Waals surface area (Å²) >= 11 is 0. The standard InChI is InChI=1S/C24H50N4O4P2/c1-21(2)27(22(3)4)33(31-19-13-15-25)29-17-11-10-12-18-30-34(32-20-14-16-26-9)28(23(5)6)24(7)8/h16,21-24H,10-14,17-20H2,1-9H3/b26-16+. The smallest absolute Gasteiger partial charge is 0.259 e. The molecule has 8 nitrogen and oxygen atoms in total. The van der Waals surface area contributed by atoms with Crippen LogP contribution in [0.25, 0.3) is 0 Å². The highest BCUT2D eigenvalue weighted by Gasteiger charge is 2.28. The van der Waals surface area contributed by atoms with Crippen LogP contribution in [0.3, 0.4) is 0 Å². The number of hydrogen-bond acceptors (Lipinski definition) is 8. The van der Waals surface area contributed by atoms with Crippen molar-refractivity contribution < 1.29 is 18.1 Å². The van der Waals surface area contributed by atoms with E-state index >= 15 is 0 Å². The summed E-state index contributed by atoms with van der Waals surface area (Å²) in [6.45, 7) is 19.7. The Labute approximate surface area is 212 Å². The van der Waals surface area contributed by atoms with Gasteiger partial charge in [-0.25, -0.2) is 9.34 Å². The normalized spacial score (nSPS) is 14.4. The van der Waals surface area contributed by atoms with E-state index < -0.39 is 17.1 Å². The van der Waals surface area contributed by atoms with Crippen LogP contribution in [-0.2, 0) is 18.1 Å². The molecular formula is C24H50N4O4P2. The van der Waals surface area contributed by atoms with E-state index in [2.05, 4.69) is 75.8 Å². The maximum absolute atomic E-state index is 8.83. The molecule has 200 valence electrons. The zero-order chi connectivity index (χ0) is 25.9. The van der Waals surface area contributed by atoms with Crippen LogP contribution < -0.4 is 0 Å². The molecule has 0 aromatic heterocycles. The molecule has 0 rings (SSSR count). The van der Waals surface area contributed by atoms with Gasteiger partial charge in [-0.2, -0.15) is 5.26 Å². The Kier molecular flexibility index (Phi) is 20.8. The van der Waals surface area contributed by atoms with Crippen molar-refractivity contribution in [3.8, 4) is 6.07 Å². The number of unbranched alkanes of at least 4 members (excludes halogenated alkanes) is 2. The highest BCUT2D eigenvalue weighted by Crippen LogP contribution is 2.47. The number of nitrogens with zero attached hydrogens (tertiary/aromatic N) is 4. The largest absolute Gasteiger partial charge is 0.322 e. The first kappa shape index (κ1) is 33.8. The van der Waals surface area contributed by atoms with Gasteiger partial charge in [0.05, 0.1) is 38.9 Å². The van der Waals surface area contributed by atoms with Crippen LogP contribution >= 0.6 is 17.1 Å². The third kappa shape index (κ3) is 15.0. The van der Waals surface area contributed by atoms with Gasteiger partial charge < -0.3 is 23.1 Å². The molecule has 0 saturated carbocycles. The lowest BCUT2D eigenvalue weighted by molar-refractivity contribution is 0.168. The Hall–Kier alpha value is -0.220. The van der Waals surface area contributed by atoms with Crippen molar-refractivity contribution in [2.24, 2.45) is 4.99 Å². The molecule has 0 heterocycles. The lowest BCUT2D eigenvalue weighted by Gasteiger charge is -2.35. The molecule has 0 aromatic carbocycles. The van der Waals surface area contributed by atoms with E-state index in [0.29, 0.717) is 57.0 Å². The summed E-state index contributed by atoms with van der Waals surface area (Å²) < 4.78 is 29.0. The number of rotatable bonds is 21. The van der Waals surface area contributed by atoms with Crippen LogP contribution in [0.2, 0.25) is 0 Å². The van der Waals surface area contributed by atoms with Gasteiger partial charge in [-0.05, 0) is 74.7 Å². The Morgan fingerprint density at radius 2 is 1.12 bits per heavy atom. The number of nitriles is 1. The topological polar surface area (TPSA) is 79.5 Å². The van der Waals surface area contributed by atoms with Gasteiger partial charge in [-0.15, -0.1) is 0 Å². The Bertz CT molecular complexity index is 544. The van der Waals surface area contributed by atoms with Crippen molar-refractivity contribution in [2.45, 2.75) is 112 Å². The lowest BCUT2D eigenvalue weighted by Crippen LogP contribution is -2.33. The number of hydrogen-bond donors (Lipinski definition) is 0. The summed E-state index contributed by atoms with van der Waals surface area (Å²) in [5, 5.41) is 8.83. The van der Waals surface area contributed by atoms with Crippen LogP contribution in [0, 0.1) is 11.3 Å². The fourth-order valence-electron chi connectivity index (χ4n) is 3.44. The Balaban J connectivity index is 4.58. The third-order valence-electron chi connectivity index (χ3n) is 4.73. The van der Waals surface area contributed by atoms with Gasteiger partial charge in [0.2, 0.25) is 0 Å². The molecule has 2 atom stereocenters. The first-order valence-electron chi connectivity index (χ1n) is 12.6. The fraction of sp³-hybridized carbons (Fsp3) is 0.917. The zero-order valence-corrected chi connectivity index (χ0v) is 24.9. The van der Waals surface area contributed by atoms with E-state index in [9.17, 15) is 0 Å². The average Bonchev–Trinajstić information content (AvgIpc) is 2.74. The summed E-state index contributed by atoms with van der Waals surface area (Å²) in [5.74, 6) is 0.